The first-order chi connectivity index (χ1) is 8.60. The molecule has 18 heavy (non-hydrogen) atoms. The summed E-state index contributed by atoms with van der Waals surface area (Å²) < 4.78 is 1.05. The van der Waals surface area contributed by atoms with Gasteiger partial charge in [0.2, 0.25) is 0 Å². The number of rotatable bonds is 1. The van der Waals surface area contributed by atoms with Gasteiger partial charge in [-0.1, -0.05) is 40.9 Å². The van der Waals surface area contributed by atoms with Crippen molar-refractivity contribution in [1.29, 1.82) is 0 Å². The third-order valence-electron chi connectivity index (χ3n) is 3.95. The van der Waals surface area contributed by atoms with Gasteiger partial charge in [0.15, 0.2) is 0 Å². The van der Waals surface area contributed by atoms with E-state index in [1.807, 2.05) is 18.2 Å². The number of hydrogen-bond donors (Lipinski definition) is 2. The fraction of sp³-hybridized carbons (Fsp3) is 0.333. The van der Waals surface area contributed by atoms with Crippen molar-refractivity contribution in [2.24, 2.45) is 5.73 Å². The van der Waals surface area contributed by atoms with E-state index in [1.54, 1.807) is 6.07 Å². The van der Waals surface area contributed by atoms with E-state index >= 15 is 0 Å². The van der Waals surface area contributed by atoms with E-state index in [9.17, 15) is 5.11 Å². The molecule has 0 amide bonds. The minimum atomic E-state index is -0.364. The molecular formula is C15H16BrNO. The first-order valence-corrected chi connectivity index (χ1v) is 7.10. The molecule has 94 valence electrons. The average molecular weight is 306 g/mol. The molecule has 0 aliphatic heterocycles. The zero-order valence-electron chi connectivity index (χ0n) is 10.1. The standard InChI is InChI=1S/C15H16BrNO/c16-11-4-5-12-10(9-11)3-6-13(18)14(12)15(17)7-1-2-8-15/h3-6,9,18H,1-2,7-8,17H2. The molecule has 0 aromatic heterocycles. The van der Waals surface area contributed by atoms with Gasteiger partial charge >= 0.3 is 0 Å². The first kappa shape index (κ1) is 12.0. The molecule has 0 spiro atoms. The number of fused-ring (bicyclic) bond motifs is 1. The van der Waals surface area contributed by atoms with E-state index in [4.69, 9.17) is 5.73 Å². The Hall–Kier alpha value is -1.06. The quantitative estimate of drug-likeness (QED) is 0.835. The summed E-state index contributed by atoms with van der Waals surface area (Å²) in [6.45, 7) is 0. The van der Waals surface area contributed by atoms with Gasteiger partial charge in [0.05, 0.1) is 0 Å². The second kappa shape index (κ2) is 4.25. The second-order valence-electron chi connectivity index (χ2n) is 5.19. The molecule has 2 aromatic rings. The van der Waals surface area contributed by atoms with Crippen molar-refractivity contribution >= 4 is 26.7 Å². The van der Waals surface area contributed by atoms with Gasteiger partial charge in [-0.25, -0.2) is 0 Å². The predicted octanol–water partition coefficient (Wildman–Crippen LogP) is 4.04. The Labute approximate surface area is 115 Å². The van der Waals surface area contributed by atoms with Gasteiger partial charge in [0, 0.05) is 15.6 Å². The van der Waals surface area contributed by atoms with Crippen LogP contribution in [0.1, 0.15) is 31.2 Å². The van der Waals surface area contributed by atoms with Crippen LogP contribution in [0.25, 0.3) is 10.8 Å². The fourth-order valence-corrected chi connectivity index (χ4v) is 3.45. The summed E-state index contributed by atoms with van der Waals surface area (Å²) >= 11 is 3.48. The first-order valence-electron chi connectivity index (χ1n) is 6.31. The van der Waals surface area contributed by atoms with Crippen LogP contribution in [0.2, 0.25) is 0 Å². The third kappa shape index (κ3) is 1.82. The maximum Gasteiger partial charge on any atom is 0.121 e. The molecule has 0 bridgehead atoms. The molecule has 1 saturated carbocycles. The molecular weight excluding hydrogens is 290 g/mol. The molecule has 0 unspecified atom stereocenters. The van der Waals surface area contributed by atoms with Crippen LogP contribution in [0.3, 0.4) is 0 Å². The Balaban J connectivity index is 2.29. The van der Waals surface area contributed by atoms with Crippen LogP contribution in [0.4, 0.5) is 0 Å². The van der Waals surface area contributed by atoms with Crippen LogP contribution in [0.15, 0.2) is 34.8 Å². The Bertz CT molecular complexity index is 603. The molecule has 2 aromatic carbocycles. The zero-order chi connectivity index (χ0) is 12.8. The molecule has 3 rings (SSSR count). The summed E-state index contributed by atoms with van der Waals surface area (Å²) in [7, 11) is 0. The van der Waals surface area contributed by atoms with Crippen molar-refractivity contribution in [2.75, 3.05) is 0 Å². The lowest BCUT2D eigenvalue weighted by molar-refractivity contribution is 0.413. The highest BCUT2D eigenvalue weighted by Gasteiger charge is 2.34. The molecule has 3 N–H and O–H groups in total. The number of benzene rings is 2. The Morgan fingerprint density at radius 3 is 2.56 bits per heavy atom. The van der Waals surface area contributed by atoms with Crippen molar-refractivity contribution in [3.8, 4) is 5.75 Å². The number of aromatic hydroxyl groups is 1. The molecule has 2 nitrogen and oxygen atoms in total. The summed E-state index contributed by atoms with van der Waals surface area (Å²) in [6.07, 6.45) is 4.19. The van der Waals surface area contributed by atoms with Gasteiger partial charge in [0.25, 0.3) is 0 Å². The smallest absolute Gasteiger partial charge is 0.121 e. The lowest BCUT2D eigenvalue weighted by Gasteiger charge is -2.27. The largest absolute Gasteiger partial charge is 0.508 e. The van der Waals surface area contributed by atoms with Gasteiger partial charge in [0.1, 0.15) is 5.75 Å². The monoisotopic (exact) mass is 305 g/mol. The van der Waals surface area contributed by atoms with Crippen molar-refractivity contribution in [2.45, 2.75) is 31.2 Å². The van der Waals surface area contributed by atoms with E-state index in [0.29, 0.717) is 5.75 Å². The summed E-state index contributed by atoms with van der Waals surface area (Å²) in [4.78, 5) is 0. The predicted molar refractivity (Wildman–Crippen MR) is 77.6 cm³/mol. The Morgan fingerprint density at radius 2 is 1.83 bits per heavy atom. The van der Waals surface area contributed by atoms with Crippen LogP contribution in [-0.4, -0.2) is 5.11 Å². The lowest BCUT2D eigenvalue weighted by Crippen LogP contribution is -2.33. The number of nitrogens with two attached hydrogens (primary N) is 1. The van der Waals surface area contributed by atoms with Crippen LogP contribution < -0.4 is 5.73 Å². The van der Waals surface area contributed by atoms with E-state index in [0.717, 1.165) is 46.5 Å². The Morgan fingerprint density at radius 1 is 1.11 bits per heavy atom. The number of halogens is 1. The number of hydrogen-bond acceptors (Lipinski definition) is 2. The minimum absolute atomic E-state index is 0.328. The van der Waals surface area contributed by atoms with Crippen molar-refractivity contribution < 1.29 is 5.11 Å². The van der Waals surface area contributed by atoms with Crippen LogP contribution in [0.5, 0.6) is 5.75 Å². The topological polar surface area (TPSA) is 46.2 Å². The minimum Gasteiger partial charge on any atom is -0.508 e. The van der Waals surface area contributed by atoms with E-state index in [2.05, 4.69) is 22.0 Å². The highest BCUT2D eigenvalue weighted by Crippen LogP contribution is 2.44. The van der Waals surface area contributed by atoms with E-state index in [-0.39, 0.29) is 5.54 Å². The third-order valence-corrected chi connectivity index (χ3v) is 4.45. The van der Waals surface area contributed by atoms with Crippen LogP contribution in [0, 0.1) is 0 Å². The highest BCUT2D eigenvalue weighted by molar-refractivity contribution is 9.10. The molecule has 1 aliphatic rings. The summed E-state index contributed by atoms with van der Waals surface area (Å²) in [6, 6.07) is 9.82. The average Bonchev–Trinajstić information content (AvgIpc) is 2.77. The van der Waals surface area contributed by atoms with Gasteiger partial charge in [-0.05, 0) is 41.8 Å². The summed E-state index contributed by atoms with van der Waals surface area (Å²) in [5.74, 6) is 0.328. The van der Waals surface area contributed by atoms with Gasteiger partial charge in [-0.3, -0.25) is 0 Å². The second-order valence-corrected chi connectivity index (χ2v) is 6.10. The summed E-state index contributed by atoms with van der Waals surface area (Å²) in [5.41, 5.74) is 7.07. The van der Waals surface area contributed by atoms with Crippen molar-refractivity contribution in [3.63, 3.8) is 0 Å². The van der Waals surface area contributed by atoms with Gasteiger partial charge in [-0.15, -0.1) is 0 Å². The van der Waals surface area contributed by atoms with E-state index < -0.39 is 0 Å². The summed E-state index contributed by atoms with van der Waals surface area (Å²) in [5, 5.41) is 12.4. The highest BCUT2D eigenvalue weighted by atomic mass is 79.9. The molecule has 0 atom stereocenters. The molecule has 1 aliphatic carbocycles. The Kier molecular flexibility index (Phi) is 2.83. The lowest BCUT2D eigenvalue weighted by atomic mass is 9.85. The SMILES string of the molecule is NC1(c2c(O)ccc3cc(Br)ccc23)CCCC1. The van der Waals surface area contributed by atoms with Crippen LogP contribution >= 0.6 is 15.9 Å². The van der Waals surface area contributed by atoms with Gasteiger partial charge in [-0.2, -0.15) is 0 Å². The number of phenolic OH excluding ortho intramolecular Hbond substituents is 1. The number of phenols is 1. The molecule has 0 radical (unpaired) electrons. The fourth-order valence-electron chi connectivity index (χ4n) is 3.07. The maximum absolute atomic E-state index is 10.2. The van der Waals surface area contributed by atoms with E-state index in [1.165, 1.54) is 0 Å². The maximum atomic E-state index is 10.2. The van der Waals surface area contributed by atoms with Crippen molar-refractivity contribution in [3.05, 3.63) is 40.4 Å². The normalized spacial score (nSPS) is 18.3. The molecule has 1 fully saturated rings. The molecule has 0 saturated heterocycles. The molecule has 0 heterocycles. The van der Waals surface area contributed by atoms with Crippen molar-refractivity contribution in [1.82, 2.24) is 0 Å². The van der Waals surface area contributed by atoms with Gasteiger partial charge < -0.3 is 10.8 Å². The molecule has 3 heteroatoms. The zero-order valence-corrected chi connectivity index (χ0v) is 11.7. The van der Waals surface area contributed by atoms with Crippen LogP contribution in [-0.2, 0) is 5.54 Å².